The molecule has 0 aromatic carbocycles. The molecule has 0 saturated heterocycles. The fraction of sp³-hybridized carbons (Fsp3) is 0.667. The minimum absolute atomic E-state index is 0.0236. The maximum Gasteiger partial charge on any atom is 0.254 e. The van der Waals surface area contributed by atoms with Crippen molar-refractivity contribution in [1.82, 2.24) is 15.5 Å². The lowest BCUT2D eigenvalue weighted by Crippen LogP contribution is -2.26. The van der Waals surface area contributed by atoms with Gasteiger partial charge in [-0.05, 0) is 12.3 Å². The van der Waals surface area contributed by atoms with Crippen LogP contribution in [0.2, 0.25) is 0 Å². The van der Waals surface area contributed by atoms with Crippen molar-refractivity contribution in [2.24, 2.45) is 5.92 Å². The molecule has 4 heteroatoms. The molecule has 1 aliphatic carbocycles. The summed E-state index contributed by atoms with van der Waals surface area (Å²) in [7, 11) is 0. The number of nitrogens with one attached hydrogen (secondary N) is 2. The van der Waals surface area contributed by atoms with E-state index in [0.29, 0.717) is 5.56 Å². The average molecular weight is 221 g/mol. The summed E-state index contributed by atoms with van der Waals surface area (Å²) in [5.74, 6) is 0.794. The molecule has 1 saturated carbocycles. The molecule has 4 nitrogen and oxygen atoms in total. The smallest absolute Gasteiger partial charge is 0.254 e. The molecule has 0 radical (unpaired) electrons. The Bertz CT molecular complexity index is 315. The monoisotopic (exact) mass is 221 g/mol. The van der Waals surface area contributed by atoms with Crippen molar-refractivity contribution in [3.8, 4) is 0 Å². The van der Waals surface area contributed by atoms with Crippen LogP contribution < -0.4 is 5.32 Å². The largest absolute Gasteiger partial charge is 0.352 e. The van der Waals surface area contributed by atoms with Crippen LogP contribution in [0.3, 0.4) is 0 Å². The Balaban J connectivity index is 1.66. The predicted molar refractivity (Wildman–Crippen MR) is 62.1 cm³/mol. The summed E-state index contributed by atoms with van der Waals surface area (Å²) in [5.41, 5.74) is 0.614. The number of carbonyl (C=O) groups is 1. The summed E-state index contributed by atoms with van der Waals surface area (Å²) in [6.45, 7) is 0.786. The molecule has 0 unspecified atom stereocenters. The van der Waals surface area contributed by atoms with Gasteiger partial charge in [-0.1, -0.05) is 32.1 Å². The highest BCUT2D eigenvalue weighted by Crippen LogP contribution is 2.25. The maximum atomic E-state index is 11.6. The standard InChI is InChI=1S/C12H19N3O/c16-12(11-8-14-15-9-11)13-7-6-10-4-2-1-3-5-10/h8-10H,1-7H2,(H,13,16)(H,14,15). The number of rotatable bonds is 4. The third-order valence-electron chi connectivity index (χ3n) is 3.32. The van der Waals surface area contributed by atoms with Gasteiger partial charge in [0, 0.05) is 12.7 Å². The lowest BCUT2D eigenvalue weighted by molar-refractivity contribution is 0.0950. The number of amides is 1. The van der Waals surface area contributed by atoms with E-state index in [1.54, 1.807) is 12.4 Å². The molecule has 16 heavy (non-hydrogen) atoms. The van der Waals surface area contributed by atoms with Crippen LogP contribution in [-0.2, 0) is 0 Å². The van der Waals surface area contributed by atoms with Crippen molar-refractivity contribution in [2.75, 3.05) is 6.54 Å². The molecule has 88 valence electrons. The SMILES string of the molecule is O=C(NCCC1CCCCC1)c1cn[nH]c1. The Hall–Kier alpha value is -1.32. The van der Waals surface area contributed by atoms with Crippen molar-refractivity contribution in [3.63, 3.8) is 0 Å². The van der Waals surface area contributed by atoms with Crippen molar-refractivity contribution in [3.05, 3.63) is 18.0 Å². The van der Waals surface area contributed by atoms with Gasteiger partial charge >= 0.3 is 0 Å². The number of H-pyrrole nitrogens is 1. The second-order valence-corrected chi connectivity index (χ2v) is 4.54. The molecule has 1 aromatic heterocycles. The molecule has 1 fully saturated rings. The third kappa shape index (κ3) is 3.08. The molecule has 0 aliphatic heterocycles. The zero-order valence-corrected chi connectivity index (χ0v) is 9.54. The van der Waals surface area contributed by atoms with Gasteiger partial charge in [0.2, 0.25) is 0 Å². The highest BCUT2D eigenvalue weighted by Gasteiger charge is 2.13. The molecule has 0 spiro atoms. The summed E-state index contributed by atoms with van der Waals surface area (Å²) in [6, 6.07) is 0. The molecule has 1 aliphatic rings. The molecule has 2 rings (SSSR count). The van der Waals surface area contributed by atoms with E-state index in [2.05, 4.69) is 15.5 Å². The zero-order chi connectivity index (χ0) is 11.2. The fourth-order valence-electron chi connectivity index (χ4n) is 2.34. The van der Waals surface area contributed by atoms with Gasteiger partial charge in [0.05, 0.1) is 11.8 Å². The van der Waals surface area contributed by atoms with Crippen LogP contribution in [0, 0.1) is 5.92 Å². The Kier molecular flexibility index (Phi) is 3.97. The topological polar surface area (TPSA) is 57.8 Å². The van der Waals surface area contributed by atoms with Crippen molar-refractivity contribution >= 4 is 5.91 Å². The quantitative estimate of drug-likeness (QED) is 0.818. The first kappa shape index (κ1) is 11.2. The second-order valence-electron chi connectivity index (χ2n) is 4.54. The first-order valence-corrected chi connectivity index (χ1v) is 6.13. The van der Waals surface area contributed by atoms with Crippen molar-refractivity contribution < 1.29 is 4.79 Å². The summed E-state index contributed by atoms with van der Waals surface area (Å²) < 4.78 is 0. The molecule has 2 N–H and O–H groups in total. The van der Waals surface area contributed by atoms with E-state index >= 15 is 0 Å². The Morgan fingerprint density at radius 2 is 2.25 bits per heavy atom. The predicted octanol–water partition coefficient (Wildman–Crippen LogP) is 2.11. The van der Waals surface area contributed by atoms with Crippen LogP contribution in [-0.4, -0.2) is 22.6 Å². The molecule has 1 aromatic rings. The average Bonchev–Trinajstić information content (AvgIpc) is 2.84. The molecule has 0 bridgehead atoms. The molecular weight excluding hydrogens is 202 g/mol. The van der Waals surface area contributed by atoms with Gasteiger partial charge in [-0.15, -0.1) is 0 Å². The van der Waals surface area contributed by atoms with Gasteiger partial charge in [0.25, 0.3) is 5.91 Å². The minimum Gasteiger partial charge on any atom is -0.352 e. The first-order chi connectivity index (χ1) is 7.86. The highest BCUT2D eigenvalue weighted by molar-refractivity contribution is 5.93. The van der Waals surface area contributed by atoms with Crippen molar-refractivity contribution in [2.45, 2.75) is 38.5 Å². The van der Waals surface area contributed by atoms with Gasteiger partial charge in [0.15, 0.2) is 0 Å². The van der Waals surface area contributed by atoms with Crippen LogP contribution >= 0.6 is 0 Å². The van der Waals surface area contributed by atoms with Crippen LogP contribution in [0.25, 0.3) is 0 Å². The fourth-order valence-corrected chi connectivity index (χ4v) is 2.34. The number of aromatic amines is 1. The molecule has 0 atom stereocenters. The Morgan fingerprint density at radius 1 is 1.44 bits per heavy atom. The van der Waals surface area contributed by atoms with Crippen molar-refractivity contribution in [1.29, 1.82) is 0 Å². The maximum absolute atomic E-state index is 11.6. The molecule has 1 heterocycles. The summed E-state index contributed by atoms with van der Waals surface area (Å²) in [6.07, 6.45) is 11.1. The summed E-state index contributed by atoms with van der Waals surface area (Å²) in [4.78, 5) is 11.6. The van der Waals surface area contributed by atoms with Gasteiger partial charge in [-0.3, -0.25) is 9.89 Å². The van der Waals surface area contributed by atoms with E-state index in [4.69, 9.17) is 0 Å². The van der Waals surface area contributed by atoms with Crippen LogP contribution in [0.4, 0.5) is 0 Å². The number of nitrogens with zero attached hydrogens (tertiary/aromatic N) is 1. The lowest BCUT2D eigenvalue weighted by atomic mass is 9.87. The number of hydrogen-bond donors (Lipinski definition) is 2. The third-order valence-corrected chi connectivity index (χ3v) is 3.32. The Morgan fingerprint density at radius 3 is 2.94 bits per heavy atom. The second kappa shape index (κ2) is 5.68. The van der Waals surface area contributed by atoms with E-state index < -0.39 is 0 Å². The van der Waals surface area contributed by atoms with Crippen LogP contribution in [0.15, 0.2) is 12.4 Å². The Labute approximate surface area is 95.8 Å². The van der Waals surface area contributed by atoms with Gasteiger partial charge in [-0.2, -0.15) is 5.10 Å². The lowest BCUT2D eigenvalue weighted by Gasteiger charge is -2.21. The summed E-state index contributed by atoms with van der Waals surface area (Å²) >= 11 is 0. The van der Waals surface area contributed by atoms with Gasteiger partial charge < -0.3 is 5.32 Å². The first-order valence-electron chi connectivity index (χ1n) is 6.13. The number of aromatic nitrogens is 2. The highest BCUT2D eigenvalue weighted by atomic mass is 16.1. The number of carbonyl (C=O) groups excluding carboxylic acids is 1. The molecule has 1 amide bonds. The van der Waals surface area contributed by atoms with E-state index in [1.165, 1.54) is 32.1 Å². The van der Waals surface area contributed by atoms with Gasteiger partial charge in [-0.25, -0.2) is 0 Å². The van der Waals surface area contributed by atoms with E-state index in [9.17, 15) is 4.79 Å². The van der Waals surface area contributed by atoms with E-state index in [1.807, 2.05) is 0 Å². The van der Waals surface area contributed by atoms with Crippen LogP contribution in [0.5, 0.6) is 0 Å². The summed E-state index contributed by atoms with van der Waals surface area (Å²) in [5, 5.41) is 9.33. The minimum atomic E-state index is -0.0236. The van der Waals surface area contributed by atoms with Crippen LogP contribution in [0.1, 0.15) is 48.9 Å². The molecular formula is C12H19N3O. The zero-order valence-electron chi connectivity index (χ0n) is 9.54. The normalized spacial score (nSPS) is 17.2. The van der Waals surface area contributed by atoms with E-state index in [-0.39, 0.29) is 5.91 Å². The number of hydrogen-bond acceptors (Lipinski definition) is 2. The van der Waals surface area contributed by atoms with E-state index in [0.717, 1.165) is 18.9 Å². The van der Waals surface area contributed by atoms with Gasteiger partial charge in [0.1, 0.15) is 0 Å².